The van der Waals surface area contributed by atoms with Crippen molar-refractivity contribution in [3.05, 3.63) is 78.1 Å². The van der Waals surface area contributed by atoms with E-state index in [4.69, 9.17) is 0 Å². The third-order valence-corrected chi connectivity index (χ3v) is 4.48. The van der Waals surface area contributed by atoms with Gasteiger partial charge in [0.1, 0.15) is 5.82 Å². The van der Waals surface area contributed by atoms with Gasteiger partial charge >= 0.3 is 0 Å². The maximum Gasteiger partial charge on any atom is 0.251 e. The molecule has 0 unspecified atom stereocenters. The Balaban J connectivity index is 1.61. The topological polar surface area (TPSA) is 58.2 Å². The van der Waals surface area contributed by atoms with E-state index < -0.39 is 0 Å². The number of carbonyl (C=O) groups is 2. The number of halogens is 1. The molecule has 0 bridgehead atoms. The van der Waals surface area contributed by atoms with Crippen LogP contribution in [0.2, 0.25) is 0 Å². The second-order valence-electron chi connectivity index (χ2n) is 6.24. The molecule has 0 spiro atoms. The van der Waals surface area contributed by atoms with Crippen LogP contribution in [0.3, 0.4) is 0 Å². The minimum atomic E-state index is -0.303. The number of anilines is 1. The highest BCUT2D eigenvalue weighted by Crippen LogP contribution is 2.47. The van der Waals surface area contributed by atoms with Gasteiger partial charge in [-0.3, -0.25) is 9.59 Å². The van der Waals surface area contributed by atoms with E-state index in [2.05, 4.69) is 17.2 Å². The van der Waals surface area contributed by atoms with Gasteiger partial charge in [0.15, 0.2) is 0 Å². The zero-order valence-corrected chi connectivity index (χ0v) is 13.7. The standard InChI is InChI=1S/C20H19FN2O2/c1-2-18(24)23-17-8-6-14(7-9-17)19(25)22-13-20(10-11-20)15-4-3-5-16(21)12-15/h2-9,12H,1,10-11,13H2,(H,22,25)(H,23,24). The number of hydrogen-bond acceptors (Lipinski definition) is 2. The third kappa shape index (κ3) is 3.94. The highest BCUT2D eigenvalue weighted by molar-refractivity contribution is 5.99. The Morgan fingerprint density at radius 3 is 2.48 bits per heavy atom. The molecule has 0 atom stereocenters. The zero-order valence-electron chi connectivity index (χ0n) is 13.7. The molecule has 4 nitrogen and oxygen atoms in total. The Hall–Kier alpha value is -2.95. The van der Waals surface area contributed by atoms with E-state index in [9.17, 15) is 14.0 Å². The first-order valence-electron chi connectivity index (χ1n) is 8.10. The first-order chi connectivity index (χ1) is 12.0. The molecular formula is C20H19FN2O2. The Morgan fingerprint density at radius 1 is 1.16 bits per heavy atom. The Labute approximate surface area is 145 Å². The molecule has 2 aromatic carbocycles. The fourth-order valence-electron chi connectivity index (χ4n) is 2.79. The van der Waals surface area contributed by atoms with Gasteiger partial charge < -0.3 is 10.6 Å². The number of hydrogen-bond donors (Lipinski definition) is 2. The number of nitrogens with one attached hydrogen (secondary N) is 2. The van der Waals surface area contributed by atoms with Gasteiger partial charge in [0.2, 0.25) is 5.91 Å². The summed E-state index contributed by atoms with van der Waals surface area (Å²) < 4.78 is 13.4. The van der Waals surface area contributed by atoms with Crippen LogP contribution >= 0.6 is 0 Å². The van der Waals surface area contributed by atoms with Crippen LogP contribution in [-0.2, 0) is 10.2 Å². The van der Waals surface area contributed by atoms with E-state index in [1.54, 1.807) is 30.3 Å². The quantitative estimate of drug-likeness (QED) is 0.793. The van der Waals surface area contributed by atoms with Gasteiger partial charge in [0.05, 0.1) is 0 Å². The zero-order chi connectivity index (χ0) is 17.9. The highest BCUT2D eigenvalue weighted by Gasteiger charge is 2.44. The third-order valence-electron chi connectivity index (χ3n) is 4.48. The molecule has 3 rings (SSSR count). The SMILES string of the molecule is C=CC(=O)Nc1ccc(C(=O)NCC2(c3cccc(F)c3)CC2)cc1. The van der Waals surface area contributed by atoms with Gasteiger partial charge in [-0.1, -0.05) is 18.7 Å². The summed E-state index contributed by atoms with van der Waals surface area (Å²) in [5, 5.41) is 5.55. The van der Waals surface area contributed by atoms with Crippen molar-refractivity contribution >= 4 is 17.5 Å². The summed E-state index contributed by atoms with van der Waals surface area (Å²) in [5.74, 6) is -0.750. The lowest BCUT2D eigenvalue weighted by Crippen LogP contribution is -2.32. The van der Waals surface area contributed by atoms with Crippen molar-refractivity contribution in [1.82, 2.24) is 5.32 Å². The predicted molar refractivity (Wildman–Crippen MR) is 94.9 cm³/mol. The molecule has 0 aromatic heterocycles. The van der Waals surface area contributed by atoms with Crippen molar-refractivity contribution in [2.24, 2.45) is 0 Å². The number of carbonyl (C=O) groups excluding carboxylic acids is 2. The van der Waals surface area contributed by atoms with Gasteiger partial charge in [-0.05, 0) is 60.9 Å². The van der Waals surface area contributed by atoms with Crippen LogP contribution in [0.4, 0.5) is 10.1 Å². The molecule has 1 fully saturated rings. The molecule has 2 amide bonds. The molecule has 25 heavy (non-hydrogen) atoms. The summed E-state index contributed by atoms with van der Waals surface area (Å²) in [6.07, 6.45) is 3.05. The summed E-state index contributed by atoms with van der Waals surface area (Å²) >= 11 is 0. The summed E-state index contributed by atoms with van der Waals surface area (Å²) in [6, 6.07) is 13.2. The Morgan fingerprint density at radius 2 is 1.88 bits per heavy atom. The fraction of sp³-hybridized carbons (Fsp3) is 0.200. The lowest BCUT2D eigenvalue weighted by Gasteiger charge is -2.17. The normalized spacial score (nSPS) is 14.4. The minimum absolute atomic E-state index is 0.157. The Kier molecular flexibility index (Phi) is 4.65. The molecule has 0 saturated heterocycles. The van der Waals surface area contributed by atoms with E-state index in [0.29, 0.717) is 17.8 Å². The summed E-state index contributed by atoms with van der Waals surface area (Å²) in [4.78, 5) is 23.6. The average Bonchev–Trinajstić information content (AvgIpc) is 3.41. The van der Waals surface area contributed by atoms with Crippen molar-refractivity contribution in [1.29, 1.82) is 0 Å². The fourth-order valence-corrected chi connectivity index (χ4v) is 2.79. The van der Waals surface area contributed by atoms with Crippen LogP contribution in [0.1, 0.15) is 28.8 Å². The van der Waals surface area contributed by atoms with E-state index in [0.717, 1.165) is 18.4 Å². The average molecular weight is 338 g/mol. The second-order valence-corrected chi connectivity index (χ2v) is 6.24. The molecule has 0 heterocycles. The van der Waals surface area contributed by atoms with Gasteiger partial charge in [0, 0.05) is 23.2 Å². The molecule has 1 aliphatic rings. The van der Waals surface area contributed by atoms with Gasteiger partial charge in [-0.15, -0.1) is 0 Å². The van der Waals surface area contributed by atoms with Crippen LogP contribution in [0.5, 0.6) is 0 Å². The smallest absolute Gasteiger partial charge is 0.251 e. The summed E-state index contributed by atoms with van der Waals surface area (Å²) in [7, 11) is 0. The van der Waals surface area contributed by atoms with E-state index >= 15 is 0 Å². The van der Waals surface area contributed by atoms with Crippen LogP contribution in [-0.4, -0.2) is 18.4 Å². The van der Waals surface area contributed by atoms with Crippen LogP contribution in [0.25, 0.3) is 0 Å². The molecule has 0 radical (unpaired) electrons. The molecule has 0 aliphatic heterocycles. The molecule has 2 N–H and O–H groups in total. The van der Waals surface area contributed by atoms with Gasteiger partial charge in [-0.2, -0.15) is 0 Å². The van der Waals surface area contributed by atoms with Crippen molar-refractivity contribution in [2.75, 3.05) is 11.9 Å². The number of benzene rings is 2. The van der Waals surface area contributed by atoms with Crippen LogP contribution < -0.4 is 10.6 Å². The lowest BCUT2D eigenvalue weighted by atomic mass is 9.95. The minimum Gasteiger partial charge on any atom is -0.351 e. The maximum atomic E-state index is 13.4. The van der Waals surface area contributed by atoms with E-state index in [1.807, 2.05) is 6.07 Å². The Bertz CT molecular complexity index is 811. The molecule has 2 aromatic rings. The van der Waals surface area contributed by atoms with Crippen molar-refractivity contribution in [3.8, 4) is 0 Å². The lowest BCUT2D eigenvalue weighted by molar-refractivity contribution is -0.111. The number of rotatable bonds is 6. The van der Waals surface area contributed by atoms with Crippen LogP contribution in [0.15, 0.2) is 61.2 Å². The van der Waals surface area contributed by atoms with E-state index in [1.165, 1.54) is 18.2 Å². The maximum absolute atomic E-state index is 13.4. The largest absolute Gasteiger partial charge is 0.351 e. The highest BCUT2D eigenvalue weighted by atomic mass is 19.1. The molecular weight excluding hydrogens is 319 g/mol. The van der Waals surface area contributed by atoms with Gasteiger partial charge in [-0.25, -0.2) is 4.39 Å². The second kappa shape index (κ2) is 6.89. The summed E-state index contributed by atoms with van der Waals surface area (Å²) in [6.45, 7) is 3.86. The summed E-state index contributed by atoms with van der Waals surface area (Å²) in [5.41, 5.74) is 1.87. The predicted octanol–water partition coefficient (Wildman–Crippen LogP) is 3.41. The van der Waals surface area contributed by atoms with E-state index in [-0.39, 0.29) is 23.0 Å². The van der Waals surface area contributed by atoms with Crippen LogP contribution in [0, 0.1) is 5.82 Å². The first kappa shape index (κ1) is 16.9. The number of amides is 2. The van der Waals surface area contributed by atoms with Crippen molar-refractivity contribution in [2.45, 2.75) is 18.3 Å². The van der Waals surface area contributed by atoms with Crippen molar-refractivity contribution in [3.63, 3.8) is 0 Å². The molecule has 1 saturated carbocycles. The first-order valence-corrected chi connectivity index (χ1v) is 8.10. The van der Waals surface area contributed by atoms with Crippen molar-refractivity contribution < 1.29 is 14.0 Å². The monoisotopic (exact) mass is 338 g/mol. The molecule has 5 heteroatoms. The molecule has 1 aliphatic carbocycles. The van der Waals surface area contributed by atoms with Gasteiger partial charge in [0.25, 0.3) is 5.91 Å². The molecule has 128 valence electrons.